The smallest absolute Gasteiger partial charge is 0.254 e. The molecule has 0 unspecified atom stereocenters. The van der Waals surface area contributed by atoms with Crippen molar-refractivity contribution in [2.24, 2.45) is 0 Å². The van der Waals surface area contributed by atoms with Gasteiger partial charge in [-0.15, -0.1) is 17.9 Å². The number of carbonyl (C=O) groups is 1. The Balaban J connectivity index is 2.17. The summed E-state index contributed by atoms with van der Waals surface area (Å²) in [6.07, 6.45) is 1.74. The van der Waals surface area contributed by atoms with E-state index in [1.165, 1.54) is 11.3 Å². The van der Waals surface area contributed by atoms with Crippen molar-refractivity contribution < 1.29 is 4.79 Å². The van der Waals surface area contributed by atoms with Gasteiger partial charge in [0.15, 0.2) is 0 Å². The highest BCUT2D eigenvalue weighted by Gasteiger charge is 2.15. The number of carbonyl (C=O) groups excluding carboxylic acids is 1. The van der Waals surface area contributed by atoms with E-state index in [9.17, 15) is 4.79 Å². The Labute approximate surface area is 141 Å². The van der Waals surface area contributed by atoms with Crippen LogP contribution in [0.3, 0.4) is 0 Å². The fraction of sp³-hybridized carbons (Fsp3) is 0.133. The molecule has 0 radical (unpaired) electrons. The van der Waals surface area contributed by atoms with Crippen LogP contribution < -0.4 is 0 Å². The first kappa shape index (κ1) is 15.5. The van der Waals surface area contributed by atoms with Crippen molar-refractivity contribution in [3.05, 3.63) is 67.4 Å². The highest BCUT2D eigenvalue weighted by molar-refractivity contribution is 14.1. The number of halogens is 2. The van der Waals surface area contributed by atoms with Gasteiger partial charge in [-0.05, 0) is 59.0 Å². The number of hydrogen-bond donors (Lipinski definition) is 0. The van der Waals surface area contributed by atoms with Gasteiger partial charge in [0.1, 0.15) is 0 Å². The Morgan fingerprint density at radius 3 is 2.55 bits per heavy atom. The van der Waals surface area contributed by atoms with Gasteiger partial charge in [-0.3, -0.25) is 4.79 Å². The molecule has 0 N–H and O–H groups in total. The number of amides is 1. The molecule has 0 bridgehead atoms. The van der Waals surface area contributed by atoms with Gasteiger partial charge in [0, 0.05) is 20.6 Å². The summed E-state index contributed by atoms with van der Waals surface area (Å²) >= 11 is 9.64. The maximum Gasteiger partial charge on any atom is 0.254 e. The summed E-state index contributed by atoms with van der Waals surface area (Å²) in [5, 5.41) is 0. The lowest BCUT2D eigenvalue weighted by Crippen LogP contribution is -2.30. The summed E-state index contributed by atoms with van der Waals surface area (Å²) < 4.78 is 1.85. The molecule has 20 heavy (non-hydrogen) atoms. The van der Waals surface area contributed by atoms with E-state index in [0.29, 0.717) is 18.7 Å². The Bertz CT molecular complexity index is 609. The van der Waals surface area contributed by atoms with Crippen LogP contribution in [0.4, 0.5) is 0 Å². The first-order chi connectivity index (χ1) is 9.60. The number of thiophene rings is 1. The molecule has 0 spiro atoms. The zero-order chi connectivity index (χ0) is 14.5. The van der Waals surface area contributed by atoms with E-state index in [0.717, 1.165) is 12.8 Å². The molecule has 1 aromatic heterocycles. The van der Waals surface area contributed by atoms with Crippen LogP contribution in [0, 0.1) is 3.57 Å². The molecule has 1 heterocycles. The minimum absolute atomic E-state index is 0.00539. The van der Waals surface area contributed by atoms with Crippen molar-refractivity contribution in [1.82, 2.24) is 4.90 Å². The van der Waals surface area contributed by atoms with Crippen LogP contribution in [-0.4, -0.2) is 17.4 Å². The second-order valence-corrected chi connectivity index (χ2v) is 7.23. The highest BCUT2D eigenvalue weighted by atomic mass is 127. The standard InChI is InChI=1S/C15H13ClINOS/c1-2-9-18(10-13-7-8-14(16)20-13)15(19)11-3-5-12(17)6-4-11/h2-8H,1,9-10H2. The first-order valence-electron chi connectivity index (χ1n) is 6.00. The van der Waals surface area contributed by atoms with Gasteiger partial charge in [-0.1, -0.05) is 17.7 Å². The molecule has 1 aromatic carbocycles. The third kappa shape index (κ3) is 4.07. The molecule has 5 heteroatoms. The molecule has 0 fully saturated rings. The van der Waals surface area contributed by atoms with Crippen LogP contribution in [0.2, 0.25) is 4.34 Å². The van der Waals surface area contributed by atoms with Crippen molar-refractivity contribution in [1.29, 1.82) is 0 Å². The monoisotopic (exact) mass is 417 g/mol. The summed E-state index contributed by atoms with van der Waals surface area (Å²) in [7, 11) is 0. The molecule has 1 amide bonds. The summed E-state index contributed by atoms with van der Waals surface area (Å²) in [5.41, 5.74) is 0.690. The average Bonchev–Trinajstić information content (AvgIpc) is 2.84. The lowest BCUT2D eigenvalue weighted by molar-refractivity contribution is 0.0764. The van der Waals surface area contributed by atoms with Crippen LogP contribution in [0.25, 0.3) is 0 Å². The zero-order valence-electron chi connectivity index (χ0n) is 10.7. The van der Waals surface area contributed by atoms with Crippen molar-refractivity contribution in [3.8, 4) is 0 Å². The van der Waals surface area contributed by atoms with Crippen LogP contribution in [0.5, 0.6) is 0 Å². The lowest BCUT2D eigenvalue weighted by atomic mass is 10.2. The van der Waals surface area contributed by atoms with E-state index in [1.807, 2.05) is 36.4 Å². The normalized spacial score (nSPS) is 10.3. The summed E-state index contributed by atoms with van der Waals surface area (Å²) in [4.78, 5) is 15.3. The van der Waals surface area contributed by atoms with Crippen molar-refractivity contribution in [2.45, 2.75) is 6.54 Å². The molecule has 2 rings (SSSR count). The Kier molecular flexibility index (Phi) is 5.63. The van der Waals surface area contributed by atoms with Gasteiger partial charge < -0.3 is 4.90 Å². The van der Waals surface area contributed by atoms with E-state index in [1.54, 1.807) is 11.0 Å². The maximum atomic E-state index is 12.5. The molecule has 0 aliphatic heterocycles. The lowest BCUT2D eigenvalue weighted by Gasteiger charge is -2.20. The fourth-order valence-corrected chi connectivity index (χ4v) is 3.24. The molecule has 104 valence electrons. The van der Waals surface area contributed by atoms with Gasteiger partial charge in [0.25, 0.3) is 5.91 Å². The van der Waals surface area contributed by atoms with E-state index >= 15 is 0 Å². The predicted octanol–water partition coefficient (Wildman–Crippen LogP) is 4.83. The predicted molar refractivity (Wildman–Crippen MR) is 93.4 cm³/mol. The maximum absolute atomic E-state index is 12.5. The van der Waals surface area contributed by atoms with Gasteiger partial charge in [-0.25, -0.2) is 0 Å². The van der Waals surface area contributed by atoms with Crippen LogP contribution in [0.15, 0.2) is 49.1 Å². The van der Waals surface area contributed by atoms with Crippen LogP contribution in [0.1, 0.15) is 15.2 Å². The first-order valence-corrected chi connectivity index (χ1v) is 8.27. The average molecular weight is 418 g/mol. The topological polar surface area (TPSA) is 20.3 Å². The second kappa shape index (κ2) is 7.24. The van der Waals surface area contributed by atoms with Gasteiger partial charge >= 0.3 is 0 Å². The quantitative estimate of drug-likeness (QED) is 0.504. The molecule has 2 aromatic rings. The third-order valence-electron chi connectivity index (χ3n) is 2.70. The molecule has 0 aliphatic carbocycles. The fourth-order valence-electron chi connectivity index (χ4n) is 1.77. The number of rotatable bonds is 5. The minimum atomic E-state index is 0.00539. The molecule has 2 nitrogen and oxygen atoms in total. The van der Waals surface area contributed by atoms with E-state index in [4.69, 9.17) is 11.6 Å². The number of benzene rings is 1. The summed E-state index contributed by atoms with van der Waals surface area (Å²) in [5.74, 6) is 0.00539. The van der Waals surface area contributed by atoms with Gasteiger partial charge in [-0.2, -0.15) is 0 Å². The zero-order valence-corrected chi connectivity index (χ0v) is 14.4. The van der Waals surface area contributed by atoms with Crippen LogP contribution >= 0.6 is 45.5 Å². The van der Waals surface area contributed by atoms with Gasteiger partial charge in [0.05, 0.1) is 10.9 Å². The summed E-state index contributed by atoms with van der Waals surface area (Å²) in [6.45, 7) is 4.78. The molecule has 0 saturated carbocycles. The molecular formula is C15H13ClINOS. The minimum Gasteiger partial charge on any atom is -0.330 e. The van der Waals surface area contributed by atoms with E-state index < -0.39 is 0 Å². The Hall–Kier alpha value is -0.850. The van der Waals surface area contributed by atoms with Crippen LogP contribution in [-0.2, 0) is 6.54 Å². The van der Waals surface area contributed by atoms with E-state index in [-0.39, 0.29) is 5.91 Å². The SMILES string of the molecule is C=CCN(Cc1ccc(Cl)s1)C(=O)c1ccc(I)cc1. The second-order valence-electron chi connectivity index (χ2n) is 4.19. The third-order valence-corrected chi connectivity index (χ3v) is 4.64. The molecular weight excluding hydrogens is 405 g/mol. The number of nitrogens with zero attached hydrogens (tertiary/aromatic N) is 1. The molecule has 0 aliphatic rings. The summed E-state index contributed by atoms with van der Waals surface area (Å²) in [6, 6.07) is 11.4. The number of hydrogen-bond acceptors (Lipinski definition) is 2. The van der Waals surface area contributed by atoms with Gasteiger partial charge in [0.2, 0.25) is 0 Å². The van der Waals surface area contributed by atoms with Crippen molar-refractivity contribution in [3.63, 3.8) is 0 Å². The van der Waals surface area contributed by atoms with Crippen molar-refractivity contribution >= 4 is 51.4 Å². The van der Waals surface area contributed by atoms with Crippen molar-refractivity contribution in [2.75, 3.05) is 6.54 Å². The largest absolute Gasteiger partial charge is 0.330 e. The molecule has 0 atom stereocenters. The Morgan fingerprint density at radius 2 is 2.00 bits per heavy atom. The van der Waals surface area contributed by atoms with E-state index in [2.05, 4.69) is 29.2 Å². The molecule has 0 saturated heterocycles. The Morgan fingerprint density at radius 1 is 1.30 bits per heavy atom. The highest BCUT2D eigenvalue weighted by Crippen LogP contribution is 2.23.